The number of piperidine rings is 1. The number of likely N-dealkylation sites (tertiary alicyclic amines) is 1. The van der Waals surface area contributed by atoms with Crippen molar-refractivity contribution in [3.05, 3.63) is 66.5 Å². The first-order chi connectivity index (χ1) is 20.9. The van der Waals surface area contributed by atoms with E-state index >= 15 is 0 Å². The molecule has 3 heterocycles. The Hall–Kier alpha value is -4.52. The summed E-state index contributed by atoms with van der Waals surface area (Å²) in [6.07, 6.45) is 4.57. The van der Waals surface area contributed by atoms with Crippen molar-refractivity contribution in [2.24, 2.45) is 0 Å². The lowest BCUT2D eigenvalue weighted by atomic mass is 10.0. The molecule has 1 aliphatic heterocycles. The monoisotopic (exact) mass is 622 g/mol. The second kappa shape index (κ2) is 12.6. The Balaban J connectivity index is 1.40. The number of fused-ring (bicyclic) bond motifs is 1. The van der Waals surface area contributed by atoms with Gasteiger partial charge in [0.15, 0.2) is 0 Å². The van der Waals surface area contributed by atoms with Crippen LogP contribution in [0.4, 0.5) is 20.8 Å². The zero-order valence-corrected chi connectivity index (χ0v) is 25.8. The molecule has 0 aliphatic carbocycles. The van der Waals surface area contributed by atoms with Gasteiger partial charge in [0.1, 0.15) is 11.4 Å². The topological polar surface area (TPSA) is 136 Å². The molecule has 0 spiro atoms. The summed E-state index contributed by atoms with van der Waals surface area (Å²) < 4.78 is 51.1. The predicted octanol–water partition coefficient (Wildman–Crippen LogP) is 6.27. The summed E-state index contributed by atoms with van der Waals surface area (Å²) in [5.41, 5.74) is 1.64. The fraction of sp³-hybridized carbons (Fsp3) is 0.355. The highest BCUT2D eigenvalue weighted by Crippen LogP contribution is 2.38. The first-order valence-electron chi connectivity index (χ1n) is 14.2. The van der Waals surface area contributed by atoms with Crippen LogP contribution < -0.4 is 14.8 Å². The van der Waals surface area contributed by atoms with E-state index in [1.54, 1.807) is 59.8 Å². The van der Waals surface area contributed by atoms with Gasteiger partial charge in [-0.1, -0.05) is 24.3 Å². The van der Waals surface area contributed by atoms with E-state index in [9.17, 15) is 17.6 Å². The van der Waals surface area contributed by atoms with Crippen LogP contribution in [0.25, 0.3) is 22.0 Å². The Morgan fingerprint density at radius 3 is 2.66 bits per heavy atom. The molecule has 1 saturated heterocycles. The lowest BCUT2D eigenvalue weighted by Gasteiger charge is -2.34. The van der Waals surface area contributed by atoms with E-state index in [0.717, 1.165) is 18.4 Å². The van der Waals surface area contributed by atoms with Crippen LogP contribution in [-0.2, 0) is 14.8 Å². The Kier molecular flexibility index (Phi) is 8.86. The molecule has 2 aromatic heterocycles. The van der Waals surface area contributed by atoms with E-state index in [1.165, 1.54) is 0 Å². The number of aryl methyl sites for hydroxylation is 1. The van der Waals surface area contributed by atoms with Crippen LogP contribution in [0, 0.1) is 6.92 Å². The second-order valence-electron chi connectivity index (χ2n) is 11.6. The van der Waals surface area contributed by atoms with Crippen molar-refractivity contribution < 1.29 is 27.1 Å². The van der Waals surface area contributed by atoms with Crippen LogP contribution in [0.2, 0.25) is 0 Å². The number of ether oxygens (including phenoxy) is 2. The molecule has 1 atom stereocenters. The van der Waals surface area contributed by atoms with Gasteiger partial charge in [-0.2, -0.15) is 0 Å². The summed E-state index contributed by atoms with van der Waals surface area (Å²) in [6, 6.07) is 12.4. The van der Waals surface area contributed by atoms with Gasteiger partial charge in [-0.25, -0.2) is 32.6 Å². The third kappa shape index (κ3) is 7.33. The Bertz CT molecular complexity index is 1780. The van der Waals surface area contributed by atoms with E-state index in [2.05, 4.69) is 20.0 Å². The number of hydrogen-bond donors (Lipinski definition) is 2. The fourth-order valence-electron chi connectivity index (χ4n) is 4.97. The molecule has 0 radical (unpaired) electrons. The maximum atomic E-state index is 13.0. The summed E-state index contributed by atoms with van der Waals surface area (Å²) in [6.45, 7) is 8.50. The molecule has 5 rings (SSSR count). The number of benzene rings is 2. The molecular formula is C31H35FN6O5S. The number of pyridine rings is 1. The van der Waals surface area contributed by atoms with Crippen molar-refractivity contribution in [3.8, 4) is 22.9 Å². The number of carbonyl (C=O) groups excluding carboxylic acids is 1. The molecule has 11 nitrogen and oxygen atoms in total. The van der Waals surface area contributed by atoms with E-state index < -0.39 is 21.6 Å². The van der Waals surface area contributed by atoms with Gasteiger partial charge < -0.3 is 19.7 Å². The average Bonchev–Trinajstić information content (AvgIpc) is 2.98. The van der Waals surface area contributed by atoms with Gasteiger partial charge in [-0.3, -0.25) is 4.72 Å². The first-order valence-corrected chi connectivity index (χ1v) is 15.9. The third-order valence-corrected chi connectivity index (χ3v) is 7.74. The Morgan fingerprint density at radius 1 is 1.07 bits per heavy atom. The minimum Gasteiger partial charge on any atom is -0.444 e. The van der Waals surface area contributed by atoms with Crippen molar-refractivity contribution in [1.29, 1.82) is 0 Å². The van der Waals surface area contributed by atoms with Gasteiger partial charge in [0.25, 0.3) is 10.0 Å². The SMILES string of the molecule is Cc1ccc2c(NS(=O)(=O)CF)cccc2c1Oc1ncccc1-c1ccnc(N[C@H]2CCCN(C(=O)OC(C)(C)C)C2)n1. The lowest BCUT2D eigenvalue weighted by Crippen LogP contribution is -2.47. The van der Waals surface area contributed by atoms with Crippen molar-refractivity contribution in [2.75, 3.05) is 29.1 Å². The van der Waals surface area contributed by atoms with Crippen LogP contribution >= 0.6 is 0 Å². The van der Waals surface area contributed by atoms with E-state index in [4.69, 9.17) is 14.5 Å². The highest BCUT2D eigenvalue weighted by atomic mass is 32.2. The van der Waals surface area contributed by atoms with Gasteiger partial charge in [-0.15, -0.1) is 0 Å². The van der Waals surface area contributed by atoms with Crippen LogP contribution in [0.1, 0.15) is 39.2 Å². The number of alkyl halides is 1. The summed E-state index contributed by atoms with van der Waals surface area (Å²) in [5, 5.41) is 4.52. The van der Waals surface area contributed by atoms with Gasteiger partial charge in [0.05, 0.1) is 16.9 Å². The molecule has 4 aromatic rings. The maximum absolute atomic E-state index is 13.0. The molecule has 44 heavy (non-hydrogen) atoms. The minimum absolute atomic E-state index is 0.0570. The van der Waals surface area contributed by atoms with Gasteiger partial charge in [-0.05, 0) is 70.4 Å². The Morgan fingerprint density at radius 2 is 1.89 bits per heavy atom. The van der Waals surface area contributed by atoms with E-state index in [1.807, 2.05) is 33.8 Å². The zero-order valence-electron chi connectivity index (χ0n) is 25.0. The molecular weight excluding hydrogens is 587 g/mol. The number of anilines is 2. The zero-order chi connectivity index (χ0) is 31.5. The number of nitrogens with one attached hydrogen (secondary N) is 2. The van der Waals surface area contributed by atoms with Gasteiger partial charge in [0.2, 0.25) is 17.8 Å². The molecule has 0 bridgehead atoms. The lowest BCUT2D eigenvalue weighted by molar-refractivity contribution is 0.0206. The first kappa shape index (κ1) is 30.9. The summed E-state index contributed by atoms with van der Waals surface area (Å²) in [5.74, 6) is 1.16. The largest absolute Gasteiger partial charge is 0.444 e. The quantitative estimate of drug-likeness (QED) is 0.233. The van der Waals surface area contributed by atoms with E-state index in [-0.39, 0.29) is 23.7 Å². The van der Waals surface area contributed by atoms with Crippen molar-refractivity contribution >= 4 is 38.5 Å². The average molecular weight is 623 g/mol. The normalized spacial score (nSPS) is 15.6. The second-order valence-corrected chi connectivity index (χ2v) is 13.2. The molecule has 2 N–H and O–H groups in total. The van der Waals surface area contributed by atoms with Crippen LogP contribution in [0.3, 0.4) is 0 Å². The molecule has 0 saturated carbocycles. The van der Waals surface area contributed by atoms with Gasteiger partial charge in [0, 0.05) is 42.3 Å². The molecule has 1 aliphatic rings. The van der Waals surface area contributed by atoms with Crippen molar-refractivity contribution in [2.45, 2.75) is 52.2 Å². The number of rotatable bonds is 8. The molecule has 1 fully saturated rings. The maximum Gasteiger partial charge on any atom is 0.410 e. The van der Waals surface area contributed by atoms with Gasteiger partial charge >= 0.3 is 6.09 Å². The van der Waals surface area contributed by atoms with E-state index in [0.29, 0.717) is 46.8 Å². The summed E-state index contributed by atoms with van der Waals surface area (Å²) in [7, 11) is -4.13. The minimum atomic E-state index is -4.13. The number of nitrogens with zero attached hydrogens (tertiary/aromatic N) is 4. The highest BCUT2D eigenvalue weighted by Gasteiger charge is 2.28. The fourth-order valence-corrected chi connectivity index (χ4v) is 5.54. The number of aromatic nitrogens is 3. The van der Waals surface area contributed by atoms with Crippen molar-refractivity contribution in [1.82, 2.24) is 19.9 Å². The highest BCUT2D eigenvalue weighted by molar-refractivity contribution is 7.92. The predicted molar refractivity (Wildman–Crippen MR) is 167 cm³/mol. The molecule has 2 aromatic carbocycles. The number of sulfonamides is 1. The molecule has 1 amide bonds. The van der Waals surface area contributed by atoms with Crippen LogP contribution in [0.5, 0.6) is 11.6 Å². The standard InChI is InChI=1S/C31H35FN6O5S/c1-20-12-13-22-23(9-5-11-26(22)37-44(40,41)19-32)27(20)42-28-24(10-6-15-33-28)25-14-16-34-29(36-25)35-21-8-7-17-38(18-21)30(39)43-31(2,3)4/h5-6,9-16,21,37H,7-8,17-19H2,1-4H3,(H,34,35,36)/t21-/m0/s1. The molecule has 232 valence electrons. The Labute approximate surface area is 255 Å². The molecule has 0 unspecified atom stereocenters. The molecule has 13 heteroatoms. The smallest absolute Gasteiger partial charge is 0.410 e. The number of hydrogen-bond acceptors (Lipinski definition) is 9. The van der Waals surface area contributed by atoms with Crippen LogP contribution in [-0.4, -0.2) is 65.1 Å². The number of halogens is 1. The van der Waals surface area contributed by atoms with Crippen LogP contribution in [0.15, 0.2) is 60.9 Å². The van der Waals surface area contributed by atoms with Crippen molar-refractivity contribution in [3.63, 3.8) is 0 Å². The summed E-state index contributed by atoms with van der Waals surface area (Å²) >= 11 is 0. The third-order valence-electron chi connectivity index (χ3n) is 6.93. The summed E-state index contributed by atoms with van der Waals surface area (Å²) in [4.78, 5) is 27.9. The number of amides is 1. The number of carbonyl (C=O) groups is 1.